The average Bonchev–Trinajstić information content (AvgIpc) is 3.38. The second-order valence-corrected chi connectivity index (χ2v) is 9.95. The molecule has 0 spiro atoms. The first kappa shape index (κ1) is 16.5. The third kappa shape index (κ3) is 2.90. The Labute approximate surface area is 144 Å². The van der Waals surface area contributed by atoms with Crippen molar-refractivity contribution in [1.29, 1.82) is 0 Å². The minimum atomic E-state index is -3.15. The minimum Gasteiger partial charge on any atom is -0.396 e. The quantitative estimate of drug-likeness (QED) is 0.869. The summed E-state index contributed by atoms with van der Waals surface area (Å²) < 4.78 is 26.9. The van der Waals surface area contributed by atoms with E-state index in [1.165, 1.54) is 5.56 Å². The van der Waals surface area contributed by atoms with Crippen molar-refractivity contribution in [2.75, 3.05) is 32.8 Å². The third-order valence-electron chi connectivity index (χ3n) is 5.97. The molecule has 1 aromatic carbocycles. The Hall–Kier alpha value is -0.950. The second kappa shape index (κ2) is 6.09. The van der Waals surface area contributed by atoms with Crippen molar-refractivity contribution in [2.45, 2.75) is 31.1 Å². The molecule has 4 rings (SSSR count). The standard InChI is InChI=1S/C18H26N2O3S/c21-14-18-12-19(10-15-4-2-1-3-5-15)11-16(18)8-9-20(13-18)24(22,23)17-6-7-17/h1-5,16-17,21H,6-14H2/t16-,18-/m0/s1. The highest BCUT2D eigenvalue weighted by Gasteiger charge is 2.53. The second-order valence-electron chi connectivity index (χ2n) is 7.74. The summed E-state index contributed by atoms with van der Waals surface area (Å²) in [7, 11) is -3.15. The molecule has 3 fully saturated rings. The monoisotopic (exact) mass is 350 g/mol. The SMILES string of the molecule is O=S(=O)(C1CC1)N1CC[C@H]2CN(Cc3ccccc3)C[C@@]2(CO)C1. The molecule has 6 heteroatoms. The van der Waals surface area contributed by atoms with Crippen LogP contribution < -0.4 is 0 Å². The van der Waals surface area contributed by atoms with Crippen LogP contribution in [0.3, 0.4) is 0 Å². The first-order valence-corrected chi connectivity index (χ1v) is 10.4. The Balaban J connectivity index is 1.49. The fourth-order valence-electron chi connectivity index (χ4n) is 4.44. The first-order chi connectivity index (χ1) is 11.5. The van der Waals surface area contributed by atoms with E-state index < -0.39 is 10.0 Å². The first-order valence-electron chi connectivity index (χ1n) is 8.90. The van der Waals surface area contributed by atoms with Gasteiger partial charge in [0, 0.05) is 38.1 Å². The van der Waals surface area contributed by atoms with E-state index >= 15 is 0 Å². The Morgan fingerprint density at radius 3 is 2.54 bits per heavy atom. The van der Waals surface area contributed by atoms with Crippen LogP contribution in [0.15, 0.2) is 30.3 Å². The molecule has 0 amide bonds. The highest BCUT2D eigenvalue weighted by molar-refractivity contribution is 7.90. The molecule has 0 aromatic heterocycles. The zero-order chi connectivity index (χ0) is 16.8. The predicted molar refractivity (Wildman–Crippen MR) is 92.9 cm³/mol. The van der Waals surface area contributed by atoms with Crippen molar-refractivity contribution in [2.24, 2.45) is 11.3 Å². The number of aliphatic hydroxyl groups excluding tert-OH is 1. The van der Waals surface area contributed by atoms with Gasteiger partial charge in [0.15, 0.2) is 0 Å². The molecule has 5 nitrogen and oxygen atoms in total. The smallest absolute Gasteiger partial charge is 0.217 e. The molecule has 2 atom stereocenters. The number of rotatable bonds is 5. The number of sulfonamides is 1. The Kier molecular flexibility index (Phi) is 4.19. The van der Waals surface area contributed by atoms with Gasteiger partial charge < -0.3 is 5.11 Å². The number of piperidine rings is 1. The summed E-state index contributed by atoms with van der Waals surface area (Å²) in [5.41, 5.74) is 0.973. The van der Waals surface area contributed by atoms with Crippen molar-refractivity contribution in [3.63, 3.8) is 0 Å². The molecule has 1 N–H and O–H groups in total. The summed E-state index contributed by atoms with van der Waals surface area (Å²) in [6.45, 7) is 3.77. The molecular weight excluding hydrogens is 324 g/mol. The summed E-state index contributed by atoms with van der Waals surface area (Å²) in [4.78, 5) is 2.38. The topological polar surface area (TPSA) is 60.9 Å². The highest BCUT2D eigenvalue weighted by atomic mass is 32.2. The lowest BCUT2D eigenvalue weighted by Crippen LogP contribution is -2.53. The predicted octanol–water partition coefficient (Wildman–Crippen LogP) is 1.29. The van der Waals surface area contributed by atoms with Crippen LogP contribution in [0.5, 0.6) is 0 Å². The average molecular weight is 350 g/mol. The fourth-order valence-corrected chi connectivity index (χ4v) is 6.39. The van der Waals surface area contributed by atoms with Crippen molar-refractivity contribution >= 4 is 10.0 Å². The van der Waals surface area contributed by atoms with E-state index in [2.05, 4.69) is 17.0 Å². The number of benzene rings is 1. The molecular formula is C18H26N2O3S. The van der Waals surface area contributed by atoms with Gasteiger partial charge in [0.25, 0.3) is 0 Å². The fraction of sp³-hybridized carbons (Fsp3) is 0.667. The van der Waals surface area contributed by atoms with Crippen LogP contribution in [0, 0.1) is 11.3 Å². The number of hydrogen-bond donors (Lipinski definition) is 1. The molecule has 1 aromatic rings. The maximum atomic E-state index is 12.6. The van der Waals surface area contributed by atoms with Crippen LogP contribution >= 0.6 is 0 Å². The van der Waals surface area contributed by atoms with E-state index in [-0.39, 0.29) is 17.3 Å². The summed E-state index contributed by atoms with van der Waals surface area (Å²) in [5, 5.41) is 9.96. The van der Waals surface area contributed by atoms with Gasteiger partial charge in [-0.25, -0.2) is 12.7 Å². The van der Waals surface area contributed by atoms with Crippen LogP contribution in [0.1, 0.15) is 24.8 Å². The van der Waals surface area contributed by atoms with Gasteiger partial charge >= 0.3 is 0 Å². The number of fused-ring (bicyclic) bond motifs is 1. The van der Waals surface area contributed by atoms with Crippen molar-refractivity contribution < 1.29 is 13.5 Å². The Morgan fingerprint density at radius 1 is 1.12 bits per heavy atom. The number of aliphatic hydroxyl groups is 1. The third-order valence-corrected chi connectivity index (χ3v) is 8.32. The van der Waals surface area contributed by atoms with Gasteiger partial charge in [0.2, 0.25) is 10.0 Å². The van der Waals surface area contributed by atoms with Gasteiger partial charge in [-0.15, -0.1) is 0 Å². The van der Waals surface area contributed by atoms with Gasteiger partial charge in [-0.2, -0.15) is 0 Å². The molecule has 2 aliphatic heterocycles. The number of nitrogens with zero attached hydrogens (tertiary/aromatic N) is 2. The van der Waals surface area contributed by atoms with Gasteiger partial charge in [0.05, 0.1) is 11.9 Å². The zero-order valence-electron chi connectivity index (χ0n) is 14.0. The summed E-state index contributed by atoms with van der Waals surface area (Å²) >= 11 is 0. The van der Waals surface area contributed by atoms with Crippen LogP contribution in [0.2, 0.25) is 0 Å². The van der Waals surface area contributed by atoms with E-state index in [0.29, 0.717) is 19.0 Å². The summed E-state index contributed by atoms with van der Waals surface area (Å²) in [6, 6.07) is 10.4. The highest BCUT2D eigenvalue weighted by Crippen LogP contribution is 2.44. The van der Waals surface area contributed by atoms with E-state index in [1.54, 1.807) is 4.31 Å². The lowest BCUT2D eigenvalue weighted by molar-refractivity contribution is 0.0409. The van der Waals surface area contributed by atoms with Crippen LogP contribution in [0.25, 0.3) is 0 Å². The molecule has 0 radical (unpaired) electrons. The van der Waals surface area contributed by atoms with Crippen molar-refractivity contribution in [3.8, 4) is 0 Å². The van der Waals surface area contributed by atoms with E-state index in [0.717, 1.165) is 38.9 Å². The minimum absolute atomic E-state index is 0.0691. The van der Waals surface area contributed by atoms with E-state index in [9.17, 15) is 13.5 Å². The van der Waals surface area contributed by atoms with Gasteiger partial charge in [-0.3, -0.25) is 4.90 Å². The Morgan fingerprint density at radius 2 is 1.88 bits per heavy atom. The van der Waals surface area contributed by atoms with Crippen molar-refractivity contribution in [1.82, 2.24) is 9.21 Å². The molecule has 1 aliphatic carbocycles. The number of hydrogen-bond acceptors (Lipinski definition) is 4. The van der Waals surface area contributed by atoms with Gasteiger partial charge in [-0.1, -0.05) is 30.3 Å². The maximum absolute atomic E-state index is 12.6. The normalized spacial score (nSPS) is 32.0. The van der Waals surface area contributed by atoms with Gasteiger partial charge in [-0.05, 0) is 30.7 Å². The van der Waals surface area contributed by atoms with Crippen LogP contribution in [-0.2, 0) is 16.6 Å². The van der Waals surface area contributed by atoms with Crippen LogP contribution in [0.4, 0.5) is 0 Å². The molecule has 0 bridgehead atoms. The van der Waals surface area contributed by atoms with Crippen molar-refractivity contribution in [3.05, 3.63) is 35.9 Å². The molecule has 24 heavy (non-hydrogen) atoms. The molecule has 2 heterocycles. The molecule has 3 aliphatic rings. The molecule has 1 saturated carbocycles. The molecule has 0 unspecified atom stereocenters. The summed E-state index contributed by atoms with van der Waals surface area (Å²) in [5.74, 6) is 0.386. The van der Waals surface area contributed by atoms with Crippen LogP contribution in [-0.4, -0.2) is 60.8 Å². The van der Waals surface area contributed by atoms with E-state index in [1.807, 2.05) is 18.2 Å². The largest absolute Gasteiger partial charge is 0.396 e. The lowest BCUT2D eigenvalue weighted by Gasteiger charge is -2.42. The lowest BCUT2D eigenvalue weighted by atomic mass is 9.75. The Bertz CT molecular complexity index is 689. The molecule has 132 valence electrons. The number of likely N-dealkylation sites (tertiary alicyclic amines) is 1. The zero-order valence-corrected chi connectivity index (χ0v) is 14.8. The van der Waals surface area contributed by atoms with E-state index in [4.69, 9.17) is 0 Å². The maximum Gasteiger partial charge on any atom is 0.217 e. The molecule has 2 saturated heterocycles. The summed E-state index contributed by atoms with van der Waals surface area (Å²) in [6.07, 6.45) is 2.46. The van der Waals surface area contributed by atoms with Gasteiger partial charge in [0.1, 0.15) is 0 Å².